The van der Waals surface area contributed by atoms with Gasteiger partial charge in [-0.15, -0.1) is 0 Å². The average molecular weight is 496 g/mol. The first-order chi connectivity index (χ1) is 16.7. The predicted molar refractivity (Wildman–Crippen MR) is 130 cm³/mol. The van der Waals surface area contributed by atoms with Gasteiger partial charge in [0.2, 0.25) is 10.0 Å². The van der Waals surface area contributed by atoms with Crippen molar-refractivity contribution in [1.82, 2.24) is 5.01 Å². The summed E-state index contributed by atoms with van der Waals surface area (Å²) in [6.07, 6.45) is 0.440. The van der Waals surface area contributed by atoms with E-state index in [1.54, 1.807) is 33.5 Å². The van der Waals surface area contributed by atoms with E-state index in [1.807, 2.05) is 30.3 Å². The summed E-state index contributed by atoms with van der Waals surface area (Å²) in [5.41, 5.74) is 2.56. The Morgan fingerprint density at radius 3 is 2.11 bits per heavy atom. The Labute approximate surface area is 203 Å². The molecule has 35 heavy (non-hydrogen) atoms. The van der Waals surface area contributed by atoms with Crippen LogP contribution < -0.4 is 19.3 Å². The molecule has 2 N–H and O–H groups in total. The van der Waals surface area contributed by atoms with Crippen LogP contribution in [-0.2, 0) is 10.0 Å². The van der Waals surface area contributed by atoms with E-state index in [2.05, 4.69) is 5.10 Å². The van der Waals surface area contributed by atoms with Crippen LogP contribution in [0, 0.1) is 0 Å². The number of methoxy groups -OCH3 is 3. The van der Waals surface area contributed by atoms with E-state index in [4.69, 9.17) is 19.3 Å². The highest BCUT2D eigenvalue weighted by Gasteiger charge is 2.34. The van der Waals surface area contributed by atoms with Gasteiger partial charge in [-0.3, -0.25) is 4.79 Å². The van der Waals surface area contributed by atoms with Crippen LogP contribution >= 0.6 is 0 Å². The van der Waals surface area contributed by atoms with E-state index in [0.717, 1.165) is 11.1 Å². The minimum absolute atomic E-state index is 0.0747. The summed E-state index contributed by atoms with van der Waals surface area (Å²) >= 11 is 0. The second-order valence-electron chi connectivity index (χ2n) is 7.83. The summed E-state index contributed by atoms with van der Waals surface area (Å²) in [6, 6.07) is 17.9. The van der Waals surface area contributed by atoms with Gasteiger partial charge in [0.1, 0.15) is 17.2 Å². The maximum atomic E-state index is 13.5. The molecule has 1 aliphatic heterocycles. The zero-order valence-electron chi connectivity index (χ0n) is 19.5. The molecule has 1 atom stereocenters. The minimum Gasteiger partial charge on any atom is -0.497 e. The van der Waals surface area contributed by atoms with E-state index in [0.29, 0.717) is 29.4 Å². The van der Waals surface area contributed by atoms with Gasteiger partial charge in [-0.1, -0.05) is 12.1 Å². The third kappa shape index (κ3) is 4.98. The number of amides is 1. The number of primary sulfonamides is 1. The maximum Gasteiger partial charge on any atom is 0.274 e. The van der Waals surface area contributed by atoms with Gasteiger partial charge < -0.3 is 14.2 Å². The molecule has 1 heterocycles. The molecule has 4 rings (SSSR count). The second kappa shape index (κ2) is 9.77. The van der Waals surface area contributed by atoms with Crippen LogP contribution in [0.5, 0.6) is 17.2 Å². The lowest BCUT2D eigenvalue weighted by Crippen LogP contribution is -2.27. The van der Waals surface area contributed by atoms with E-state index in [-0.39, 0.29) is 16.4 Å². The number of nitrogens with zero attached hydrogens (tertiary/aromatic N) is 2. The standard InChI is InChI=1S/C25H25N3O6S/c1-32-18-8-4-16(5-9-18)23-15-22(21-13-10-19(33-2)14-24(21)34-3)27-28(23)25(29)17-6-11-20(12-7-17)35(26,30)31/h4-14,23H,15H2,1-3H3,(H2,26,30,31). The van der Waals surface area contributed by atoms with Crippen LogP contribution in [0.15, 0.2) is 76.7 Å². The van der Waals surface area contributed by atoms with Crippen LogP contribution in [0.2, 0.25) is 0 Å². The topological polar surface area (TPSA) is 121 Å². The van der Waals surface area contributed by atoms with Crippen LogP contribution in [0.1, 0.15) is 33.9 Å². The molecule has 1 amide bonds. The molecule has 0 aliphatic carbocycles. The van der Waals surface area contributed by atoms with E-state index < -0.39 is 16.1 Å². The number of nitrogens with two attached hydrogens (primary N) is 1. The number of sulfonamides is 1. The Morgan fingerprint density at radius 1 is 0.914 bits per heavy atom. The van der Waals surface area contributed by atoms with Gasteiger partial charge in [0.15, 0.2) is 0 Å². The molecular weight excluding hydrogens is 470 g/mol. The fourth-order valence-corrected chi connectivity index (χ4v) is 4.42. The van der Waals surface area contributed by atoms with Crippen molar-refractivity contribution < 1.29 is 27.4 Å². The Balaban J connectivity index is 1.75. The number of rotatable bonds is 7. The Bertz CT molecular complexity index is 1370. The van der Waals surface area contributed by atoms with Crippen molar-refractivity contribution in [2.24, 2.45) is 10.2 Å². The lowest BCUT2D eigenvalue weighted by atomic mass is 9.97. The van der Waals surface area contributed by atoms with Crippen LogP contribution in [-0.4, -0.2) is 46.4 Å². The van der Waals surface area contributed by atoms with Gasteiger partial charge in [-0.25, -0.2) is 18.6 Å². The lowest BCUT2D eigenvalue weighted by Gasteiger charge is -2.22. The maximum absolute atomic E-state index is 13.5. The number of carbonyl (C=O) groups excluding carboxylic acids is 1. The zero-order valence-corrected chi connectivity index (χ0v) is 20.3. The van der Waals surface area contributed by atoms with Gasteiger partial charge in [0.05, 0.1) is 38.0 Å². The van der Waals surface area contributed by atoms with E-state index in [1.165, 1.54) is 29.3 Å². The van der Waals surface area contributed by atoms with Crippen LogP contribution in [0.3, 0.4) is 0 Å². The van der Waals surface area contributed by atoms with Gasteiger partial charge >= 0.3 is 0 Å². The van der Waals surface area contributed by atoms with Gasteiger partial charge in [0.25, 0.3) is 5.91 Å². The largest absolute Gasteiger partial charge is 0.497 e. The first-order valence-electron chi connectivity index (χ1n) is 10.7. The summed E-state index contributed by atoms with van der Waals surface area (Å²) in [4.78, 5) is 13.4. The Hall–Kier alpha value is -3.89. The summed E-state index contributed by atoms with van der Waals surface area (Å²) in [6.45, 7) is 0. The fourth-order valence-electron chi connectivity index (χ4n) is 3.90. The normalized spacial score (nSPS) is 15.5. The molecule has 3 aromatic rings. The van der Waals surface area contributed by atoms with Gasteiger partial charge in [-0.05, 0) is 54.1 Å². The molecule has 0 saturated heterocycles. The van der Waals surface area contributed by atoms with E-state index in [9.17, 15) is 13.2 Å². The summed E-state index contributed by atoms with van der Waals surface area (Å²) in [7, 11) is 0.847. The molecule has 1 unspecified atom stereocenters. The second-order valence-corrected chi connectivity index (χ2v) is 9.39. The molecule has 1 aliphatic rings. The van der Waals surface area contributed by atoms with Crippen molar-refractivity contribution in [2.45, 2.75) is 17.4 Å². The molecule has 0 bridgehead atoms. The SMILES string of the molecule is COc1ccc(C2CC(c3ccc(OC)cc3OC)=NN2C(=O)c2ccc(S(N)(=O)=O)cc2)cc1. The predicted octanol–water partition coefficient (Wildman–Crippen LogP) is 3.35. The molecule has 3 aromatic carbocycles. The van der Waals surface area contributed by atoms with Gasteiger partial charge in [0, 0.05) is 23.6 Å². The zero-order chi connectivity index (χ0) is 25.2. The van der Waals surface area contributed by atoms with Crippen molar-refractivity contribution >= 4 is 21.6 Å². The molecule has 0 saturated carbocycles. The number of carbonyl (C=O) groups is 1. The van der Waals surface area contributed by atoms with E-state index >= 15 is 0 Å². The smallest absolute Gasteiger partial charge is 0.274 e. The van der Waals surface area contributed by atoms with Crippen molar-refractivity contribution in [1.29, 1.82) is 0 Å². The Morgan fingerprint density at radius 2 is 1.54 bits per heavy atom. The number of hydrogen-bond acceptors (Lipinski definition) is 7. The molecule has 182 valence electrons. The minimum atomic E-state index is -3.87. The molecule has 0 spiro atoms. The highest BCUT2D eigenvalue weighted by molar-refractivity contribution is 7.89. The third-order valence-corrected chi connectivity index (χ3v) is 6.70. The van der Waals surface area contributed by atoms with Crippen LogP contribution in [0.25, 0.3) is 0 Å². The molecule has 10 heteroatoms. The average Bonchev–Trinajstić information content (AvgIpc) is 3.32. The highest BCUT2D eigenvalue weighted by atomic mass is 32.2. The number of benzene rings is 3. The number of hydrazone groups is 1. The molecular formula is C25H25N3O6S. The monoisotopic (exact) mass is 495 g/mol. The molecule has 9 nitrogen and oxygen atoms in total. The molecule has 0 aromatic heterocycles. The quantitative estimate of drug-likeness (QED) is 0.537. The fraction of sp³-hybridized carbons (Fsp3) is 0.200. The van der Waals surface area contributed by atoms with Crippen molar-refractivity contribution in [3.63, 3.8) is 0 Å². The number of ether oxygens (including phenoxy) is 3. The third-order valence-electron chi connectivity index (χ3n) is 5.77. The number of hydrogen-bond donors (Lipinski definition) is 1. The van der Waals surface area contributed by atoms with Crippen molar-refractivity contribution in [3.05, 3.63) is 83.4 Å². The summed E-state index contributed by atoms with van der Waals surface area (Å²) in [5.74, 6) is 1.53. The summed E-state index contributed by atoms with van der Waals surface area (Å²) in [5, 5.41) is 11.3. The highest BCUT2D eigenvalue weighted by Crippen LogP contribution is 2.37. The first kappa shape index (κ1) is 24.2. The van der Waals surface area contributed by atoms with Crippen LogP contribution in [0.4, 0.5) is 0 Å². The first-order valence-corrected chi connectivity index (χ1v) is 12.2. The summed E-state index contributed by atoms with van der Waals surface area (Å²) < 4.78 is 39.3. The molecule has 0 radical (unpaired) electrons. The molecule has 0 fully saturated rings. The van der Waals surface area contributed by atoms with Crippen molar-refractivity contribution in [2.75, 3.05) is 21.3 Å². The van der Waals surface area contributed by atoms with Gasteiger partial charge in [-0.2, -0.15) is 5.10 Å². The van der Waals surface area contributed by atoms with Crippen molar-refractivity contribution in [3.8, 4) is 17.2 Å². The Kier molecular flexibility index (Phi) is 6.77. The lowest BCUT2D eigenvalue weighted by molar-refractivity contribution is 0.0711.